The van der Waals surface area contributed by atoms with Crippen LogP contribution in [0.3, 0.4) is 0 Å². The molecule has 0 bridgehead atoms. The SMILES string of the molecule is CCC1(CNCc2scnc2C)CCNC1. The van der Waals surface area contributed by atoms with Gasteiger partial charge in [-0.05, 0) is 31.7 Å². The van der Waals surface area contributed by atoms with Crippen LogP contribution in [-0.2, 0) is 6.54 Å². The first-order valence-electron chi connectivity index (χ1n) is 6.06. The Morgan fingerprint density at radius 3 is 3.06 bits per heavy atom. The molecule has 1 unspecified atom stereocenters. The molecule has 90 valence electrons. The Balaban J connectivity index is 1.81. The maximum Gasteiger partial charge on any atom is 0.0798 e. The van der Waals surface area contributed by atoms with E-state index in [1.54, 1.807) is 11.3 Å². The summed E-state index contributed by atoms with van der Waals surface area (Å²) in [6.45, 7) is 8.81. The summed E-state index contributed by atoms with van der Waals surface area (Å²) in [4.78, 5) is 5.64. The zero-order chi connectivity index (χ0) is 11.4. The van der Waals surface area contributed by atoms with Crippen LogP contribution in [-0.4, -0.2) is 24.6 Å². The summed E-state index contributed by atoms with van der Waals surface area (Å²) in [7, 11) is 0. The van der Waals surface area contributed by atoms with Gasteiger partial charge in [-0.1, -0.05) is 6.92 Å². The molecule has 2 heterocycles. The Morgan fingerprint density at radius 2 is 2.50 bits per heavy atom. The third-order valence-corrected chi connectivity index (χ3v) is 4.65. The Bertz CT molecular complexity index is 329. The van der Waals surface area contributed by atoms with Crippen LogP contribution in [0, 0.1) is 12.3 Å². The average Bonchev–Trinajstić information content (AvgIpc) is 2.90. The lowest BCUT2D eigenvalue weighted by atomic mass is 9.84. The molecular formula is C12H21N3S. The van der Waals surface area contributed by atoms with Gasteiger partial charge >= 0.3 is 0 Å². The number of aromatic nitrogens is 1. The van der Waals surface area contributed by atoms with Gasteiger partial charge in [0.1, 0.15) is 0 Å². The first-order valence-corrected chi connectivity index (χ1v) is 6.94. The molecule has 1 aromatic rings. The van der Waals surface area contributed by atoms with Gasteiger partial charge in [0.25, 0.3) is 0 Å². The quantitative estimate of drug-likeness (QED) is 0.824. The predicted octanol–water partition coefficient (Wildman–Crippen LogP) is 1.93. The van der Waals surface area contributed by atoms with Crippen LogP contribution < -0.4 is 10.6 Å². The number of hydrogen-bond donors (Lipinski definition) is 2. The van der Waals surface area contributed by atoms with Gasteiger partial charge in [-0.2, -0.15) is 0 Å². The van der Waals surface area contributed by atoms with E-state index in [0.717, 1.165) is 19.6 Å². The molecule has 1 aromatic heterocycles. The summed E-state index contributed by atoms with van der Waals surface area (Å²) in [6, 6.07) is 0. The fourth-order valence-electron chi connectivity index (χ4n) is 2.31. The van der Waals surface area contributed by atoms with Crippen molar-refractivity contribution in [2.24, 2.45) is 5.41 Å². The van der Waals surface area contributed by atoms with E-state index in [1.165, 1.54) is 30.0 Å². The third kappa shape index (κ3) is 2.62. The van der Waals surface area contributed by atoms with Crippen molar-refractivity contribution in [3.05, 3.63) is 16.1 Å². The molecule has 1 aliphatic heterocycles. The van der Waals surface area contributed by atoms with Crippen LogP contribution in [0.15, 0.2) is 5.51 Å². The second kappa shape index (κ2) is 5.25. The van der Waals surface area contributed by atoms with Gasteiger partial charge in [0, 0.05) is 24.5 Å². The van der Waals surface area contributed by atoms with Crippen molar-refractivity contribution in [3.8, 4) is 0 Å². The molecule has 0 aromatic carbocycles. The van der Waals surface area contributed by atoms with Gasteiger partial charge in [0.15, 0.2) is 0 Å². The van der Waals surface area contributed by atoms with Gasteiger partial charge in [0.05, 0.1) is 11.2 Å². The van der Waals surface area contributed by atoms with E-state index < -0.39 is 0 Å². The molecule has 0 amide bonds. The van der Waals surface area contributed by atoms with Crippen molar-refractivity contribution in [3.63, 3.8) is 0 Å². The highest BCUT2D eigenvalue weighted by Crippen LogP contribution is 2.28. The number of rotatable bonds is 5. The van der Waals surface area contributed by atoms with Crippen LogP contribution in [0.4, 0.5) is 0 Å². The Hall–Kier alpha value is -0.450. The molecule has 16 heavy (non-hydrogen) atoms. The number of nitrogens with zero attached hydrogens (tertiary/aromatic N) is 1. The van der Waals surface area contributed by atoms with Gasteiger partial charge in [-0.25, -0.2) is 4.98 Å². The number of hydrogen-bond acceptors (Lipinski definition) is 4. The maximum atomic E-state index is 4.27. The molecule has 2 rings (SSSR count). The lowest BCUT2D eigenvalue weighted by Gasteiger charge is -2.26. The van der Waals surface area contributed by atoms with Crippen LogP contribution in [0.5, 0.6) is 0 Å². The minimum Gasteiger partial charge on any atom is -0.316 e. The van der Waals surface area contributed by atoms with Crippen molar-refractivity contribution >= 4 is 11.3 Å². The zero-order valence-electron chi connectivity index (χ0n) is 10.2. The molecule has 0 aliphatic carbocycles. The summed E-state index contributed by atoms with van der Waals surface area (Å²) in [5.74, 6) is 0. The molecule has 0 saturated carbocycles. The van der Waals surface area contributed by atoms with Crippen LogP contribution in [0.2, 0.25) is 0 Å². The van der Waals surface area contributed by atoms with Gasteiger partial charge in [0.2, 0.25) is 0 Å². The summed E-state index contributed by atoms with van der Waals surface area (Å²) >= 11 is 1.75. The second-order valence-corrected chi connectivity index (χ2v) is 5.68. The fraction of sp³-hybridized carbons (Fsp3) is 0.750. The molecule has 0 spiro atoms. The molecule has 2 N–H and O–H groups in total. The molecule has 0 radical (unpaired) electrons. The normalized spacial score (nSPS) is 25.1. The minimum atomic E-state index is 0.485. The third-order valence-electron chi connectivity index (χ3n) is 3.71. The van der Waals surface area contributed by atoms with Gasteiger partial charge in [-0.15, -0.1) is 11.3 Å². The van der Waals surface area contributed by atoms with Crippen LogP contribution >= 0.6 is 11.3 Å². The monoisotopic (exact) mass is 239 g/mol. The lowest BCUT2D eigenvalue weighted by Crippen LogP contribution is -2.35. The number of nitrogens with one attached hydrogen (secondary N) is 2. The Labute approximate surface area is 102 Å². The number of aryl methyl sites for hydroxylation is 1. The topological polar surface area (TPSA) is 37.0 Å². The second-order valence-electron chi connectivity index (χ2n) is 4.74. The van der Waals surface area contributed by atoms with Crippen molar-refractivity contribution in [2.75, 3.05) is 19.6 Å². The molecule has 1 fully saturated rings. The van der Waals surface area contributed by atoms with Crippen molar-refractivity contribution in [2.45, 2.75) is 33.2 Å². The largest absolute Gasteiger partial charge is 0.316 e. The summed E-state index contributed by atoms with van der Waals surface area (Å²) < 4.78 is 0. The van der Waals surface area contributed by atoms with Crippen LogP contribution in [0.25, 0.3) is 0 Å². The summed E-state index contributed by atoms with van der Waals surface area (Å²) in [5.41, 5.74) is 3.59. The van der Waals surface area contributed by atoms with E-state index >= 15 is 0 Å². The first-order chi connectivity index (χ1) is 7.76. The fourth-order valence-corrected chi connectivity index (χ4v) is 3.06. The van der Waals surface area contributed by atoms with Crippen molar-refractivity contribution in [1.82, 2.24) is 15.6 Å². The minimum absolute atomic E-state index is 0.485. The summed E-state index contributed by atoms with van der Waals surface area (Å²) in [6.07, 6.45) is 2.56. The van der Waals surface area contributed by atoms with E-state index in [0.29, 0.717) is 5.41 Å². The molecule has 1 saturated heterocycles. The highest BCUT2D eigenvalue weighted by atomic mass is 32.1. The summed E-state index contributed by atoms with van der Waals surface area (Å²) in [5, 5.41) is 7.06. The zero-order valence-corrected chi connectivity index (χ0v) is 11.0. The molecule has 1 atom stereocenters. The van der Waals surface area contributed by atoms with Gasteiger partial charge in [-0.3, -0.25) is 0 Å². The maximum absolute atomic E-state index is 4.27. The lowest BCUT2D eigenvalue weighted by molar-refractivity contribution is 0.291. The molecular weight excluding hydrogens is 218 g/mol. The van der Waals surface area contributed by atoms with E-state index in [9.17, 15) is 0 Å². The highest BCUT2D eigenvalue weighted by molar-refractivity contribution is 7.09. The van der Waals surface area contributed by atoms with E-state index in [2.05, 4.69) is 29.5 Å². The Kier molecular flexibility index (Phi) is 3.95. The van der Waals surface area contributed by atoms with Crippen molar-refractivity contribution in [1.29, 1.82) is 0 Å². The number of thiazole rings is 1. The Morgan fingerprint density at radius 1 is 1.62 bits per heavy atom. The molecule has 3 nitrogen and oxygen atoms in total. The van der Waals surface area contributed by atoms with E-state index in [-0.39, 0.29) is 0 Å². The van der Waals surface area contributed by atoms with Gasteiger partial charge < -0.3 is 10.6 Å². The average molecular weight is 239 g/mol. The molecule has 4 heteroatoms. The smallest absolute Gasteiger partial charge is 0.0798 e. The van der Waals surface area contributed by atoms with Crippen LogP contribution in [0.1, 0.15) is 30.3 Å². The van der Waals surface area contributed by atoms with E-state index in [1.807, 2.05) is 5.51 Å². The predicted molar refractivity (Wildman–Crippen MR) is 68.8 cm³/mol. The standard InChI is InChI=1S/C12H21N3S/c1-3-12(4-5-13-7-12)8-14-6-11-10(2)15-9-16-11/h9,13-14H,3-8H2,1-2H3. The molecule has 1 aliphatic rings. The van der Waals surface area contributed by atoms with Crippen molar-refractivity contribution < 1.29 is 0 Å². The highest BCUT2D eigenvalue weighted by Gasteiger charge is 2.31. The van der Waals surface area contributed by atoms with E-state index in [4.69, 9.17) is 0 Å². The first kappa shape index (κ1) is 12.0.